The molecule has 144 valence electrons. The Bertz CT molecular complexity index is 1090. The van der Waals surface area contributed by atoms with Crippen LogP contribution < -0.4 is 16.6 Å². The Labute approximate surface area is 159 Å². The van der Waals surface area contributed by atoms with E-state index in [0.717, 1.165) is 12.8 Å². The molecule has 27 heavy (non-hydrogen) atoms. The Morgan fingerprint density at radius 2 is 2.04 bits per heavy atom. The number of rotatable bonds is 7. The van der Waals surface area contributed by atoms with Crippen molar-refractivity contribution in [3.8, 4) is 0 Å². The fraction of sp³-hybridized carbons (Fsp3) is 0.389. The predicted molar refractivity (Wildman–Crippen MR) is 104 cm³/mol. The van der Waals surface area contributed by atoms with E-state index in [1.807, 2.05) is 13.8 Å². The fourth-order valence-electron chi connectivity index (χ4n) is 3.02. The molecule has 0 aliphatic heterocycles. The lowest BCUT2D eigenvalue weighted by atomic mass is 10.3. The Morgan fingerprint density at radius 1 is 1.26 bits per heavy atom. The highest BCUT2D eigenvalue weighted by Crippen LogP contribution is 2.21. The van der Waals surface area contributed by atoms with Gasteiger partial charge in [0.15, 0.2) is 11.2 Å². The summed E-state index contributed by atoms with van der Waals surface area (Å²) in [5.41, 5.74) is -0.00661. The Morgan fingerprint density at radius 3 is 2.74 bits per heavy atom. The van der Waals surface area contributed by atoms with Crippen molar-refractivity contribution in [3.05, 3.63) is 55.7 Å². The largest absolute Gasteiger partial charge is 0.375 e. The molecule has 0 amide bonds. The van der Waals surface area contributed by atoms with Crippen molar-refractivity contribution >= 4 is 28.5 Å². The summed E-state index contributed by atoms with van der Waals surface area (Å²) in [7, 11) is 0. The first-order valence-electron chi connectivity index (χ1n) is 8.87. The van der Waals surface area contributed by atoms with Gasteiger partial charge in [-0.05, 0) is 31.5 Å². The monoisotopic (exact) mass is 393 g/mol. The molecule has 0 aliphatic carbocycles. The maximum Gasteiger partial charge on any atom is 0.330 e. The van der Waals surface area contributed by atoms with Gasteiger partial charge in [-0.2, -0.15) is 0 Å². The van der Waals surface area contributed by atoms with Gasteiger partial charge in [-0.1, -0.05) is 24.9 Å². The molecule has 0 saturated carbocycles. The minimum atomic E-state index is -0.475. The van der Waals surface area contributed by atoms with E-state index in [9.17, 15) is 14.0 Å². The Kier molecular flexibility index (Phi) is 5.65. The van der Waals surface area contributed by atoms with E-state index in [2.05, 4.69) is 15.3 Å². The van der Waals surface area contributed by atoms with Crippen molar-refractivity contribution in [2.45, 2.75) is 46.3 Å². The number of halogens is 2. The van der Waals surface area contributed by atoms with Crippen LogP contribution in [-0.4, -0.2) is 19.1 Å². The number of hydrogen-bond donors (Lipinski definition) is 2. The molecule has 3 aromatic rings. The van der Waals surface area contributed by atoms with Crippen molar-refractivity contribution in [2.75, 3.05) is 5.32 Å². The van der Waals surface area contributed by atoms with Crippen LogP contribution in [-0.2, 0) is 19.6 Å². The molecule has 0 atom stereocenters. The van der Waals surface area contributed by atoms with E-state index in [-0.39, 0.29) is 12.2 Å². The highest BCUT2D eigenvalue weighted by Gasteiger charge is 2.17. The minimum Gasteiger partial charge on any atom is -0.375 e. The van der Waals surface area contributed by atoms with E-state index in [1.54, 1.807) is 4.57 Å². The molecule has 0 unspecified atom stereocenters. The van der Waals surface area contributed by atoms with Crippen LogP contribution in [0.3, 0.4) is 0 Å². The highest BCUT2D eigenvalue weighted by atomic mass is 35.5. The molecule has 3 rings (SSSR count). The molecule has 9 heteroatoms. The topological polar surface area (TPSA) is 84.7 Å². The second-order valence-corrected chi connectivity index (χ2v) is 6.62. The van der Waals surface area contributed by atoms with E-state index in [4.69, 9.17) is 11.6 Å². The summed E-state index contributed by atoms with van der Waals surface area (Å²) in [5, 5.41) is 3.37. The summed E-state index contributed by atoms with van der Waals surface area (Å²) >= 11 is 5.92. The molecule has 2 heterocycles. The summed E-state index contributed by atoms with van der Waals surface area (Å²) < 4.78 is 17.1. The van der Waals surface area contributed by atoms with Gasteiger partial charge in [-0.25, -0.2) is 14.2 Å². The average Bonchev–Trinajstić information content (AvgIpc) is 3.01. The number of hydrogen-bond acceptors (Lipinski definition) is 4. The Hall–Kier alpha value is -2.61. The van der Waals surface area contributed by atoms with Crippen molar-refractivity contribution in [1.29, 1.82) is 0 Å². The van der Waals surface area contributed by atoms with E-state index in [1.165, 1.54) is 22.8 Å². The molecule has 0 radical (unpaired) electrons. The zero-order valence-corrected chi connectivity index (χ0v) is 15.9. The van der Waals surface area contributed by atoms with E-state index in [0.29, 0.717) is 35.1 Å². The smallest absolute Gasteiger partial charge is 0.330 e. The summed E-state index contributed by atoms with van der Waals surface area (Å²) in [5.74, 6) is 0.101. The van der Waals surface area contributed by atoms with Crippen molar-refractivity contribution < 1.29 is 4.39 Å². The quantitative estimate of drug-likeness (QED) is 0.646. The highest BCUT2D eigenvalue weighted by molar-refractivity contribution is 6.30. The van der Waals surface area contributed by atoms with Gasteiger partial charge in [-0.15, -0.1) is 0 Å². The van der Waals surface area contributed by atoms with E-state index >= 15 is 0 Å². The van der Waals surface area contributed by atoms with Gasteiger partial charge >= 0.3 is 5.69 Å². The van der Waals surface area contributed by atoms with Crippen LogP contribution in [0.1, 0.15) is 32.5 Å². The number of imidazole rings is 1. The van der Waals surface area contributed by atoms with Gasteiger partial charge in [0.05, 0.1) is 12.2 Å². The normalized spacial score (nSPS) is 11.3. The number of benzene rings is 1. The number of anilines is 1. The van der Waals surface area contributed by atoms with Crippen molar-refractivity contribution in [3.63, 3.8) is 0 Å². The number of H-pyrrole nitrogens is 1. The number of aromatic amines is 1. The average molecular weight is 394 g/mol. The lowest BCUT2D eigenvalue weighted by Gasteiger charge is -2.09. The van der Waals surface area contributed by atoms with Gasteiger partial charge in [0.2, 0.25) is 0 Å². The first-order chi connectivity index (χ1) is 13.0. The zero-order valence-electron chi connectivity index (χ0n) is 15.2. The Balaban J connectivity index is 2.05. The van der Waals surface area contributed by atoms with E-state index < -0.39 is 17.1 Å². The van der Waals surface area contributed by atoms with Crippen LogP contribution in [0, 0.1) is 5.82 Å². The maximum atomic E-state index is 13.9. The van der Waals surface area contributed by atoms with Crippen molar-refractivity contribution in [2.24, 2.45) is 0 Å². The summed E-state index contributed by atoms with van der Waals surface area (Å²) in [6, 6.07) is 4.23. The second-order valence-electron chi connectivity index (χ2n) is 6.19. The van der Waals surface area contributed by atoms with Crippen LogP contribution in [0.4, 0.5) is 10.1 Å². The molecule has 1 aromatic carbocycles. The fourth-order valence-corrected chi connectivity index (χ4v) is 3.20. The lowest BCUT2D eigenvalue weighted by molar-refractivity contribution is 0.613. The summed E-state index contributed by atoms with van der Waals surface area (Å²) in [4.78, 5) is 31.4. The second kappa shape index (κ2) is 7.96. The van der Waals surface area contributed by atoms with Gasteiger partial charge in [-0.3, -0.25) is 14.3 Å². The van der Waals surface area contributed by atoms with Crippen LogP contribution >= 0.6 is 11.6 Å². The summed E-state index contributed by atoms with van der Waals surface area (Å²) in [6.07, 6.45) is 1.70. The number of aryl methyl sites for hydroxylation is 2. The molecule has 2 N–H and O–H groups in total. The predicted octanol–water partition coefficient (Wildman–Crippen LogP) is 3.11. The first kappa shape index (κ1) is 19.2. The number of fused-ring (bicyclic) bond motifs is 1. The molecule has 0 aliphatic rings. The molecular formula is C18H21ClFN5O2. The molecule has 0 fully saturated rings. The van der Waals surface area contributed by atoms with Gasteiger partial charge in [0.1, 0.15) is 11.6 Å². The van der Waals surface area contributed by atoms with Crippen LogP contribution in [0.5, 0.6) is 0 Å². The molecule has 7 nitrogen and oxygen atoms in total. The molecule has 0 bridgehead atoms. The first-order valence-corrected chi connectivity index (χ1v) is 9.25. The molecule has 0 saturated heterocycles. The van der Waals surface area contributed by atoms with Crippen molar-refractivity contribution in [1.82, 2.24) is 19.1 Å². The van der Waals surface area contributed by atoms with Crippen LogP contribution in [0.2, 0.25) is 5.02 Å². The third-order valence-electron chi connectivity index (χ3n) is 4.38. The third kappa shape index (κ3) is 3.75. The number of aromatic nitrogens is 4. The summed E-state index contributed by atoms with van der Waals surface area (Å²) in [6.45, 7) is 5.04. The van der Waals surface area contributed by atoms with Gasteiger partial charge in [0.25, 0.3) is 5.56 Å². The van der Waals surface area contributed by atoms with Crippen LogP contribution in [0.15, 0.2) is 27.8 Å². The maximum absolute atomic E-state index is 13.9. The number of nitrogens with one attached hydrogen (secondary N) is 2. The minimum absolute atomic E-state index is 0.182. The molecule has 0 spiro atoms. The number of unbranched alkanes of at least 4 members (excludes halogenated alkanes) is 1. The lowest BCUT2D eigenvalue weighted by Crippen LogP contribution is -2.31. The standard InChI is InChI=1S/C18H21ClFN5O2/c1-3-5-8-25-16-15(17(26)23-18(25)27)24(4-2)14(22-16)10-21-13-9-11(19)6-7-12(13)20/h6-7,9,21H,3-5,8,10H2,1-2H3,(H,23,26,27). The van der Waals surface area contributed by atoms with Gasteiger partial charge < -0.3 is 9.88 Å². The third-order valence-corrected chi connectivity index (χ3v) is 4.62. The zero-order chi connectivity index (χ0) is 19.6. The van der Waals surface area contributed by atoms with Gasteiger partial charge in [0, 0.05) is 18.1 Å². The number of nitrogens with zero attached hydrogens (tertiary/aromatic N) is 3. The molecule has 2 aromatic heterocycles. The SMILES string of the molecule is CCCCn1c(=O)[nH]c(=O)c2c1nc(CNc1cc(Cl)ccc1F)n2CC. The molecular weight excluding hydrogens is 373 g/mol. The van der Waals surface area contributed by atoms with Crippen LogP contribution in [0.25, 0.3) is 11.2 Å².